The van der Waals surface area contributed by atoms with Crippen LogP contribution in [-0.2, 0) is 17.8 Å². The highest BCUT2D eigenvalue weighted by atomic mass is 16.1. The standard InChI is InChI=1S/C23H23N5O/c1-15-9-17(7-8-25-15)23-20-14-26-19(10-18(20)13-27-23)11-22(29)28-21(12-24)16-5-3-2-4-6-16/h2-10,14,21H,11-13,24H2,1H3,(H,28,29)/t21-/m1/s1. The van der Waals surface area contributed by atoms with Crippen LogP contribution in [0.4, 0.5) is 0 Å². The average Bonchev–Trinajstić information content (AvgIpc) is 3.16. The third kappa shape index (κ3) is 4.22. The fourth-order valence-electron chi connectivity index (χ4n) is 3.55. The monoisotopic (exact) mass is 385 g/mol. The summed E-state index contributed by atoms with van der Waals surface area (Å²) in [5, 5.41) is 3.00. The molecule has 1 atom stereocenters. The molecule has 0 aliphatic carbocycles. The van der Waals surface area contributed by atoms with E-state index in [2.05, 4.69) is 20.3 Å². The van der Waals surface area contributed by atoms with Gasteiger partial charge in [-0.3, -0.25) is 19.8 Å². The van der Waals surface area contributed by atoms with Gasteiger partial charge in [0.1, 0.15) is 0 Å². The van der Waals surface area contributed by atoms with Crippen LogP contribution in [0.3, 0.4) is 0 Å². The first-order valence-corrected chi connectivity index (χ1v) is 9.64. The molecule has 3 N–H and O–H groups in total. The van der Waals surface area contributed by atoms with Crippen molar-refractivity contribution >= 4 is 11.6 Å². The number of carbonyl (C=O) groups is 1. The van der Waals surface area contributed by atoms with Crippen molar-refractivity contribution in [3.05, 3.63) is 94.6 Å². The Labute approximate surface area is 169 Å². The fraction of sp³-hybridized carbons (Fsp3) is 0.217. The Hall–Kier alpha value is -3.38. The van der Waals surface area contributed by atoms with Gasteiger partial charge in [-0.15, -0.1) is 0 Å². The maximum atomic E-state index is 12.5. The summed E-state index contributed by atoms with van der Waals surface area (Å²) in [6, 6.07) is 15.5. The van der Waals surface area contributed by atoms with Crippen LogP contribution in [0.1, 0.15) is 39.7 Å². The molecule has 1 aromatic carbocycles. The molecule has 6 heteroatoms. The summed E-state index contributed by atoms with van der Waals surface area (Å²) < 4.78 is 0. The van der Waals surface area contributed by atoms with Crippen LogP contribution in [0.2, 0.25) is 0 Å². The van der Waals surface area contributed by atoms with Gasteiger partial charge in [0.15, 0.2) is 0 Å². The molecule has 29 heavy (non-hydrogen) atoms. The van der Waals surface area contributed by atoms with Gasteiger partial charge in [0.25, 0.3) is 0 Å². The Morgan fingerprint density at radius 1 is 1.17 bits per heavy atom. The summed E-state index contributed by atoms with van der Waals surface area (Å²) in [4.78, 5) is 26.0. The molecule has 6 nitrogen and oxygen atoms in total. The molecule has 1 aliphatic rings. The van der Waals surface area contributed by atoms with Crippen LogP contribution in [0.25, 0.3) is 0 Å². The van der Waals surface area contributed by atoms with Crippen molar-refractivity contribution in [2.45, 2.75) is 25.9 Å². The zero-order valence-corrected chi connectivity index (χ0v) is 16.3. The third-order valence-electron chi connectivity index (χ3n) is 4.99. The van der Waals surface area contributed by atoms with Crippen molar-refractivity contribution in [2.24, 2.45) is 10.7 Å². The van der Waals surface area contributed by atoms with Crippen LogP contribution in [0.15, 0.2) is 65.9 Å². The van der Waals surface area contributed by atoms with Gasteiger partial charge in [-0.1, -0.05) is 30.3 Å². The molecule has 0 saturated carbocycles. The van der Waals surface area contributed by atoms with Crippen molar-refractivity contribution in [1.29, 1.82) is 0 Å². The van der Waals surface area contributed by atoms with Gasteiger partial charge in [-0.05, 0) is 36.2 Å². The highest BCUT2D eigenvalue weighted by Gasteiger charge is 2.20. The minimum atomic E-state index is -0.206. The van der Waals surface area contributed by atoms with E-state index in [1.807, 2.05) is 61.7 Å². The predicted molar refractivity (Wildman–Crippen MR) is 113 cm³/mol. The van der Waals surface area contributed by atoms with Crippen molar-refractivity contribution in [3.8, 4) is 0 Å². The normalized spacial score (nSPS) is 13.5. The molecule has 0 fully saturated rings. The van der Waals surface area contributed by atoms with E-state index in [9.17, 15) is 4.79 Å². The zero-order chi connectivity index (χ0) is 20.2. The van der Waals surface area contributed by atoms with Crippen molar-refractivity contribution in [2.75, 3.05) is 6.54 Å². The van der Waals surface area contributed by atoms with Gasteiger partial charge in [-0.2, -0.15) is 0 Å². The van der Waals surface area contributed by atoms with Crippen molar-refractivity contribution in [3.63, 3.8) is 0 Å². The predicted octanol–water partition coefficient (Wildman–Crippen LogP) is 2.49. The Bertz CT molecular complexity index is 1060. The molecular weight excluding hydrogens is 362 g/mol. The number of benzene rings is 1. The summed E-state index contributed by atoms with van der Waals surface area (Å²) in [5.41, 5.74) is 12.6. The second-order valence-corrected chi connectivity index (χ2v) is 7.13. The van der Waals surface area contributed by atoms with E-state index in [1.165, 1.54) is 0 Å². The lowest BCUT2D eigenvalue weighted by Gasteiger charge is -2.17. The van der Waals surface area contributed by atoms with Gasteiger partial charge in [-0.25, -0.2) is 0 Å². The lowest BCUT2D eigenvalue weighted by atomic mass is 10.0. The van der Waals surface area contributed by atoms with Crippen molar-refractivity contribution < 1.29 is 4.79 Å². The molecule has 1 aliphatic heterocycles. The Morgan fingerprint density at radius 3 is 2.76 bits per heavy atom. The van der Waals surface area contributed by atoms with Gasteiger partial charge < -0.3 is 11.1 Å². The molecule has 3 aromatic rings. The molecule has 2 aromatic heterocycles. The lowest BCUT2D eigenvalue weighted by Crippen LogP contribution is -2.34. The first kappa shape index (κ1) is 19.0. The van der Waals surface area contributed by atoms with Crippen LogP contribution in [-0.4, -0.2) is 28.1 Å². The molecule has 0 spiro atoms. The molecule has 0 unspecified atom stereocenters. The molecule has 0 bridgehead atoms. The number of fused-ring (bicyclic) bond motifs is 1. The maximum absolute atomic E-state index is 12.5. The highest BCUT2D eigenvalue weighted by Crippen LogP contribution is 2.23. The van der Waals surface area contributed by atoms with Crippen LogP contribution in [0.5, 0.6) is 0 Å². The SMILES string of the molecule is Cc1cc(C2=NCc3cc(CC(=O)N[C@H](CN)c4ccccc4)ncc32)ccn1. The van der Waals surface area contributed by atoms with E-state index >= 15 is 0 Å². The Kier molecular flexibility index (Phi) is 5.44. The first-order chi connectivity index (χ1) is 14.1. The van der Waals surface area contributed by atoms with Crippen LogP contribution < -0.4 is 11.1 Å². The number of aliphatic imine (C=N–C) groups is 1. The number of nitrogens with zero attached hydrogens (tertiary/aromatic N) is 3. The molecule has 0 radical (unpaired) electrons. The zero-order valence-electron chi connectivity index (χ0n) is 16.3. The number of rotatable bonds is 6. The Balaban J connectivity index is 1.46. The first-order valence-electron chi connectivity index (χ1n) is 9.64. The van der Waals surface area contributed by atoms with E-state index in [-0.39, 0.29) is 18.4 Å². The number of pyridine rings is 2. The van der Waals surface area contributed by atoms with Gasteiger partial charge in [0.05, 0.1) is 30.4 Å². The number of hydrogen-bond donors (Lipinski definition) is 2. The van der Waals surface area contributed by atoms with E-state index in [0.29, 0.717) is 13.1 Å². The number of aromatic nitrogens is 2. The smallest absolute Gasteiger partial charge is 0.226 e. The number of amides is 1. The summed E-state index contributed by atoms with van der Waals surface area (Å²) in [6.45, 7) is 2.90. The molecule has 146 valence electrons. The molecule has 0 saturated heterocycles. The fourth-order valence-corrected chi connectivity index (χ4v) is 3.55. The van der Waals surface area contributed by atoms with Crippen molar-refractivity contribution in [1.82, 2.24) is 15.3 Å². The van der Waals surface area contributed by atoms with E-state index in [0.717, 1.165) is 39.4 Å². The average molecular weight is 385 g/mol. The highest BCUT2D eigenvalue weighted by molar-refractivity contribution is 6.15. The Morgan fingerprint density at radius 2 is 2.00 bits per heavy atom. The lowest BCUT2D eigenvalue weighted by molar-refractivity contribution is -0.121. The number of nitrogens with one attached hydrogen (secondary N) is 1. The molecule has 4 rings (SSSR count). The van der Waals surface area contributed by atoms with Crippen LogP contribution in [0, 0.1) is 6.92 Å². The number of aryl methyl sites for hydroxylation is 1. The minimum Gasteiger partial charge on any atom is -0.348 e. The summed E-state index contributed by atoms with van der Waals surface area (Å²) in [7, 11) is 0. The number of carbonyl (C=O) groups excluding carboxylic acids is 1. The molecular formula is C23H23N5O. The quantitative estimate of drug-likeness (QED) is 0.682. The number of hydrogen-bond acceptors (Lipinski definition) is 5. The number of nitrogens with two attached hydrogens (primary N) is 1. The summed E-state index contributed by atoms with van der Waals surface area (Å²) in [6.07, 6.45) is 3.81. The largest absolute Gasteiger partial charge is 0.348 e. The summed E-state index contributed by atoms with van der Waals surface area (Å²) >= 11 is 0. The molecule has 1 amide bonds. The van der Waals surface area contributed by atoms with E-state index in [4.69, 9.17) is 5.73 Å². The second-order valence-electron chi connectivity index (χ2n) is 7.13. The summed E-state index contributed by atoms with van der Waals surface area (Å²) in [5.74, 6) is -0.0966. The third-order valence-corrected chi connectivity index (χ3v) is 4.99. The second kappa shape index (κ2) is 8.32. The maximum Gasteiger partial charge on any atom is 0.226 e. The molecule has 3 heterocycles. The van der Waals surface area contributed by atoms with E-state index in [1.54, 1.807) is 6.20 Å². The minimum absolute atomic E-state index is 0.0966. The van der Waals surface area contributed by atoms with Crippen LogP contribution >= 0.6 is 0 Å². The van der Waals surface area contributed by atoms with Gasteiger partial charge >= 0.3 is 0 Å². The topological polar surface area (TPSA) is 93.3 Å². The van der Waals surface area contributed by atoms with Gasteiger partial charge in [0.2, 0.25) is 5.91 Å². The van der Waals surface area contributed by atoms with E-state index < -0.39 is 0 Å². The van der Waals surface area contributed by atoms with Gasteiger partial charge in [0, 0.05) is 35.8 Å².